The molecule has 4 N–H and O–H groups in total. The Labute approximate surface area is 122 Å². The molecule has 6 nitrogen and oxygen atoms in total. The van der Waals surface area contributed by atoms with Crippen LogP contribution in [0.5, 0.6) is 0 Å². The Morgan fingerprint density at radius 2 is 2.00 bits per heavy atom. The molecule has 0 saturated heterocycles. The van der Waals surface area contributed by atoms with Crippen LogP contribution in [0.4, 0.5) is 15.9 Å². The molecule has 0 spiro atoms. The van der Waals surface area contributed by atoms with Crippen molar-refractivity contribution in [2.45, 2.75) is 31.6 Å². The van der Waals surface area contributed by atoms with Crippen LogP contribution < -0.4 is 10.5 Å². The third kappa shape index (κ3) is 3.15. The predicted octanol–water partition coefficient (Wildman–Crippen LogP) is 2.36. The van der Waals surface area contributed by atoms with Crippen molar-refractivity contribution in [2.75, 3.05) is 10.5 Å². The number of hydrogen-bond acceptors (Lipinski definition) is 4. The van der Waals surface area contributed by atoms with Crippen LogP contribution >= 0.6 is 0 Å². The van der Waals surface area contributed by atoms with E-state index < -0.39 is 15.8 Å². The van der Waals surface area contributed by atoms with Gasteiger partial charge in [-0.25, -0.2) is 12.8 Å². The van der Waals surface area contributed by atoms with Gasteiger partial charge >= 0.3 is 0 Å². The van der Waals surface area contributed by atoms with Crippen LogP contribution in [-0.4, -0.2) is 18.6 Å². The lowest BCUT2D eigenvalue weighted by Crippen LogP contribution is -2.15. The second-order valence-electron chi connectivity index (χ2n) is 5.11. The summed E-state index contributed by atoms with van der Waals surface area (Å²) < 4.78 is 40.3. The smallest absolute Gasteiger partial charge is 0.263 e. The highest BCUT2D eigenvalue weighted by molar-refractivity contribution is 7.92. The van der Waals surface area contributed by atoms with Crippen molar-refractivity contribution >= 4 is 21.5 Å². The highest BCUT2D eigenvalue weighted by atomic mass is 32.2. The van der Waals surface area contributed by atoms with Crippen LogP contribution in [0.1, 0.15) is 31.0 Å². The summed E-state index contributed by atoms with van der Waals surface area (Å²) in [5.41, 5.74) is 6.30. The number of aromatic amines is 1. The number of nitrogens with zero attached hydrogens (tertiary/aromatic N) is 1. The quantitative estimate of drug-likeness (QED) is 0.754. The van der Waals surface area contributed by atoms with Crippen LogP contribution in [0.2, 0.25) is 0 Å². The number of rotatable bonds is 4. The van der Waals surface area contributed by atoms with Crippen LogP contribution in [0.3, 0.4) is 0 Å². The molecule has 0 aliphatic rings. The van der Waals surface area contributed by atoms with E-state index in [0.29, 0.717) is 0 Å². The van der Waals surface area contributed by atoms with Crippen molar-refractivity contribution in [3.8, 4) is 0 Å². The molecule has 0 saturated carbocycles. The van der Waals surface area contributed by atoms with Gasteiger partial charge in [-0.15, -0.1) is 0 Å². The van der Waals surface area contributed by atoms with Crippen LogP contribution in [0.15, 0.2) is 23.1 Å². The minimum Gasteiger partial charge on any atom is -0.396 e. The zero-order chi connectivity index (χ0) is 15.8. The largest absolute Gasteiger partial charge is 0.396 e. The molecule has 1 aromatic carbocycles. The van der Waals surface area contributed by atoms with E-state index in [4.69, 9.17) is 5.73 Å². The zero-order valence-corrected chi connectivity index (χ0v) is 12.8. The van der Waals surface area contributed by atoms with Gasteiger partial charge in [0, 0.05) is 11.8 Å². The zero-order valence-electron chi connectivity index (χ0n) is 11.9. The van der Waals surface area contributed by atoms with Gasteiger partial charge in [-0.2, -0.15) is 5.10 Å². The van der Waals surface area contributed by atoms with Gasteiger partial charge in [-0.1, -0.05) is 13.8 Å². The SMILES string of the molecule is Cc1cc(F)c(N)cc1S(=O)(=O)Nc1cc(C(C)C)[nH]n1. The first-order valence-corrected chi connectivity index (χ1v) is 7.83. The number of nitrogens with one attached hydrogen (secondary N) is 2. The van der Waals surface area contributed by atoms with Crippen LogP contribution in [-0.2, 0) is 10.0 Å². The van der Waals surface area contributed by atoms with Crippen LogP contribution in [0.25, 0.3) is 0 Å². The molecule has 2 rings (SSSR count). The van der Waals surface area contributed by atoms with Crippen molar-refractivity contribution in [1.82, 2.24) is 10.2 Å². The molecule has 114 valence electrons. The summed E-state index contributed by atoms with van der Waals surface area (Å²) in [5, 5.41) is 6.65. The molecule has 0 aliphatic heterocycles. The lowest BCUT2D eigenvalue weighted by Gasteiger charge is -2.09. The third-order valence-electron chi connectivity index (χ3n) is 3.04. The number of nitrogens with two attached hydrogens (primary N) is 1. The molecule has 1 heterocycles. The fourth-order valence-corrected chi connectivity index (χ4v) is 3.09. The van der Waals surface area contributed by atoms with E-state index in [2.05, 4.69) is 14.9 Å². The minimum absolute atomic E-state index is 0.0736. The number of H-pyrrole nitrogens is 1. The first kappa shape index (κ1) is 15.3. The van der Waals surface area contributed by atoms with E-state index >= 15 is 0 Å². The topological polar surface area (TPSA) is 101 Å². The maximum atomic E-state index is 13.3. The monoisotopic (exact) mass is 312 g/mol. The molecule has 0 fully saturated rings. The minimum atomic E-state index is -3.87. The number of nitrogen functional groups attached to an aromatic ring is 1. The van der Waals surface area contributed by atoms with Crippen LogP contribution in [0, 0.1) is 12.7 Å². The fourth-order valence-electron chi connectivity index (χ4n) is 1.84. The Kier molecular flexibility index (Phi) is 3.91. The molecule has 2 aromatic rings. The normalized spacial score (nSPS) is 11.9. The van der Waals surface area contributed by atoms with E-state index in [1.54, 1.807) is 6.07 Å². The number of sulfonamides is 1. The number of aryl methyl sites for hydroxylation is 1. The maximum Gasteiger partial charge on any atom is 0.263 e. The van der Waals surface area contributed by atoms with Gasteiger partial charge in [0.15, 0.2) is 5.82 Å². The van der Waals surface area contributed by atoms with Crippen molar-refractivity contribution in [1.29, 1.82) is 0 Å². The maximum absolute atomic E-state index is 13.3. The Morgan fingerprint density at radius 3 is 2.57 bits per heavy atom. The molecule has 0 amide bonds. The Bertz CT molecular complexity index is 768. The number of hydrogen-bond donors (Lipinski definition) is 3. The van der Waals surface area contributed by atoms with Crippen molar-refractivity contribution in [3.05, 3.63) is 35.3 Å². The number of anilines is 2. The summed E-state index contributed by atoms with van der Waals surface area (Å²) in [6.45, 7) is 5.41. The second-order valence-corrected chi connectivity index (χ2v) is 6.76. The van der Waals surface area contributed by atoms with Gasteiger partial charge in [-0.3, -0.25) is 9.82 Å². The van der Waals surface area contributed by atoms with E-state index in [0.717, 1.165) is 17.8 Å². The van der Waals surface area contributed by atoms with E-state index in [1.165, 1.54) is 6.92 Å². The Balaban J connectivity index is 2.36. The molecule has 0 bridgehead atoms. The fraction of sp³-hybridized carbons (Fsp3) is 0.308. The summed E-state index contributed by atoms with van der Waals surface area (Å²) in [6, 6.07) is 3.81. The lowest BCUT2D eigenvalue weighted by atomic mass is 10.1. The molecule has 8 heteroatoms. The summed E-state index contributed by atoms with van der Waals surface area (Å²) in [6.07, 6.45) is 0. The number of benzene rings is 1. The summed E-state index contributed by atoms with van der Waals surface area (Å²) in [7, 11) is -3.87. The second kappa shape index (κ2) is 5.36. The van der Waals surface area contributed by atoms with Crippen molar-refractivity contribution in [3.63, 3.8) is 0 Å². The Hall–Kier alpha value is -2.09. The van der Waals surface area contributed by atoms with E-state index in [9.17, 15) is 12.8 Å². The van der Waals surface area contributed by atoms with Gasteiger partial charge < -0.3 is 5.73 Å². The molecule has 21 heavy (non-hydrogen) atoms. The summed E-state index contributed by atoms with van der Waals surface area (Å²) in [5.74, 6) is -0.270. The summed E-state index contributed by atoms with van der Waals surface area (Å²) >= 11 is 0. The molecule has 0 aliphatic carbocycles. The third-order valence-corrected chi connectivity index (χ3v) is 4.54. The first-order valence-electron chi connectivity index (χ1n) is 6.34. The molecular formula is C13H17FN4O2S. The first-order chi connectivity index (χ1) is 9.70. The van der Waals surface area contributed by atoms with E-state index in [-0.39, 0.29) is 27.9 Å². The highest BCUT2D eigenvalue weighted by Gasteiger charge is 2.20. The Morgan fingerprint density at radius 1 is 1.33 bits per heavy atom. The van der Waals surface area contributed by atoms with Gasteiger partial charge in [0.1, 0.15) is 5.82 Å². The summed E-state index contributed by atoms with van der Waals surface area (Å²) in [4.78, 5) is -0.0736. The van der Waals surface area contributed by atoms with Gasteiger partial charge in [0.2, 0.25) is 0 Å². The standard InChI is InChI=1S/C13H17FN4O2S/c1-7(2)11-6-13(17-16-11)18-21(19,20)12-5-10(15)9(14)4-8(12)3/h4-7H,15H2,1-3H3,(H2,16,17,18). The number of halogens is 1. The van der Waals surface area contributed by atoms with Gasteiger partial charge in [0.25, 0.3) is 10.0 Å². The predicted molar refractivity (Wildman–Crippen MR) is 79.0 cm³/mol. The van der Waals surface area contributed by atoms with Gasteiger partial charge in [0.05, 0.1) is 10.6 Å². The molecule has 0 radical (unpaired) electrons. The molecule has 0 atom stereocenters. The average molecular weight is 312 g/mol. The van der Waals surface area contributed by atoms with Crippen molar-refractivity contribution < 1.29 is 12.8 Å². The van der Waals surface area contributed by atoms with E-state index in [1.807, 2.05) is 13.8 Å². The molecule has 1 aromatic heterocycles. The number of aromatic nitrogens is 2. The molecular weight excluding hydrogens is 295 g/mol. The molecule has 0 unspecified atom stereocenters. The lowest BCUT2D eigenvalue weighted by molar-refractivity contribution is 0.599. The van der Waals surface area contributed by atoms with Gasteiger partial charge in [-0.05, 0) is 30.5 Å². The highest BCUT2D eigenvalue weighted by Crippen LogP contribution is 2.24. The average Bonchev–Trinajstić information content (AvgIpc) is 2.81. The van der Waals surface area contributed by atoms with Crippen molar-refractivity contribution in [2.24, 2.45) is 0 Å².